The highest BCUT2D eigenvalue weighted by atomic mass is 14.4. The van der Waals surface area contributed by atoms with Gasteiger partial charge in [-0.15, -0.1) is 0 Å². The van der Waals surface area contributed by atoms with Crippen LogP contribution in [0.1, 0.15) is 84.5 Å². The van der Waals surface area contributed by atoms with E-state index in [-0.39, 0.29) is 0 Å². The van der Waals surface area contributed by atoms with Crippen LogP contribution in [0.2, 0.25) is 0 Å². The van der Waals surface area contributed by atoms with E-state index in [1.807, 2.05) is 0 Å². The molecule has 1 N–H and O–H groups in total. The van der Waals surface area contributed by atoms with Crippen molar-refractivity contribution in [2.45, 2.75) is 84.5 Å². The fraction of sp³-hybridized carbons (Fsp3) is 0.933. The van der Waals surface area contributed by atoms with E-state index >= 15 is 0 Å². The van der Waals surface area contributed by atoms with Gasteiger partial charge in [0.2, 0.25) is 0 Å². The van der Waals surface area contributed by atoms with Gasteiger partial charge in [0.05, 0.1) is 0 Å². The smallest absolute Gasteiger partial charge is 0.00891 e. The quantitative estimate of drug-likeness (QED) is 0.573. The maximum absolute atomic E-state index is 7.87. The molecule has 1 rings (SSSR count). The van der Waals surface area contributed by atoms with Crippen LogP contribution in [0.15, 0.2) is 0 Å². The van der Waals surface area contributed by atoms with E-state index in [9.17, 15) is 0 Å². The second kappa shape index (κ2) is 7.09. The Morgan fingerprint density at radius 1 is 0.750 bits per heavy atom. The molecule has 16 heavy (non-hydrogen) atoms. The van der Waals surface area contributed by atoms with Crippen LogP contribution >= 0.6 is 0 Å². The highest BCUT2D eigenvalue weighted by molar-refractivity contribution is 5.81. The summed E-state index contributed by atoms with van der Waals surface area (Å²) in [6, 6.07) is 0. The molecule has 0 unspecified atom stereocenters. The lowest BCUT2D eigenvalue weighted by atomic mass is 9.82. The van der Waals surface area contributed by atoms with Gasteiger partial charge >= 0.3 is 0 Å². The number of rotatable bonds is 0. The van der Waals surface area contributed by atoms with Crippen LogP contribution in [0.25, 0.3) is 0 Å². The van der Waals surface area contributed by atoms with Crippen molar-refractivity contribution in [3.63, 3.8) is 0 Å². The van der Waals surface area contributed by atoms with Crippen molar-refractivity contribution in [2.24, 2.45) is 5.41 Å². The molecule has 0 radical (unpaired) electrons. The maximum atomic E-state index is 7.87. The maximum Gasteiger partial charge on any atom is 0.00891 e. The molecule has 1 nitrogen and oxygen atoms in total. The van der Waals surface area contributed by atoms with Crippen molar-refractivity contribution in [1.29, 1.82) is 5.41 Å². The molecule has 0 atom stereocenters. The molecule has 1 aliphatic carbocycles. The van der Waals surface area contributed by atoms with Crippen molar-refractivity contribution in [3.05, 3.63) is 0 Å². The molecule has 0 aromatic rings. The minimum atomic E-state index is 0.538. The zero-order valence-corrected chi connectivity index (χ0v) is 11.3. The molecule has 1 heteroatoms. The third kappa shape index (κ3) is 6.30. The summed E-state index contributed by atoms with van der Waals surface area (Å²) >= 11 is 0. The van der Waals surface area contributed by atoms with Crippen molar-refractivity contribution >= 4 is 5.71 Å². The Balaban J connectivity index is 2.35. The SMILES string of the molecule is CC1(C)CCCCCCCC(=N)CCCC1. The van der Waals surface area contributed by atoms with E-state index in [1.165, 1.54) is 57.8 Å². The number of hydrogen-bond donors (Lipinski definition) is 1. The van der Waals surface area contributed by atoms with E-state index in [0.29, 0.717) is 5.41 Å². The minimum Gasteiger partial charge on any atom is -0.310 e. The average Bonchev–Trinajstić information content (AvgIpc) is 2.23. The lowest BCUT2D eigenvalue weighted by molar-refractivity contribution is 0.285. The van der Waals surface area contributed by atoms with Crippen molar-refractivity contribution in [1.82, 2.24) is 0 Å². The standard InChI is InChI=1S/C15H29N/c1-15(2)12-8-5-3-4-6-10-14(16)11-7-9-13-15/h16H,3-13H2,1-2H3. The molecule has 1 fully saturated rings. The van der Waals surface area contributed by atoms with Crippen LogP contribution in [0.5, 0.6) is 0 Å². The summed E-state index contributed by atoms with van der Waals surface area (Å²) in [5.41, 5.74) is 1.54. The molecule has 0 spiro atoms. The van der Waals surface area contributed by atoms with Gasteiger partial charge in [0.15, 0.2) is 0 Å². The largest absolute Gasteiger partial charge is 0.310 e. The summed E-state index contributed by atoms with van der Waals surface area (Å²) in [6.07, 6.45) is 14.2. The zero-order valence-electron chi connectivity index (χ0n) is 11.3. The fourth-order valence-electron chi connectivity index (χ4n) is 2.66. The fourth-order valence-corrected chi connectivity index (χ4v) is 2.66. The summed E-state index contributed by atoms with van der Waals surface area (Å²) in [6.45, 7) is 4.83. The molecule has 94 valence electrons. The van der Waals surface area contributed by atoms with Crippen LogP contribution in [0.4, 0.5) is 0 Å². The first-order valence-electron chi connectivity index (χ1n) is 7.16. The van der Waals surface area contributed by atoms with E-state index in [1.54, 1.807) is 0 Å². The Labute approximate surface area is 102 Å². The Kier molecular flexibility index (Phi) is 6.08. The van der Waals surface area contributed by atoms with Gasteiger partial charge in [-0.3, -0.25) is 0 Å². The molecule has 0 aliphatic heterocycles. The van der Waals surface area contributed by atoms with Gasteiger partial charge in [-0.1, -0.05) is 46.0 Å². The molecule has 0 bridgehead atoms. The Morgan fingerprint density at radius 2 is 1.19 bits per heavy atom. The second-order valence-corrected chi connectivity index (χ2v) is 6.24. The Bertz CT molecular complexity index is 205. The molecule has 1 saturated carbocycles. The van der Waals surface area contributed by atoms with E-state index in [4.69, 9.17) is 5.41 Å². The Hall–Kier alpha value is -0.330. The third-order valence-corrected chi connectivity index (χ3v) is 3.91. The van der Waals surface area contributed by atoms with E-state index < -0.39 is 0 Å². The first-order chi connectivity index (χ1) is 7.60. The van der Waals surface area contributed by atoms with Gasteiger partial charge in [0, 0.05) is 5.71 Å². The topological polar surface area (TPSA) is 23.9 Å². The molecule has 0 aromatic carbocycles. The van der Waals surface area contributed by atoms with Crippen LogP contribution in [0, 0.1) is 10.8 Å². The van der Waals surface area contributed by atoms with Gasteiger partial charge in [-0.25, -0.2) is 0 Å². The predicted molar refractivity (Wildman–Crippen MR) is 72.3 cm³/mol. The Morgan fingerprint density at radius 3 is 1.88 bits per heavy atom. The third-order valence-electron chi connectivity index (χ3n) is 3.91. The monoisotopic (exact) mass is 223 g/mol. The van der Waals surface area contributed by atoms with Gasteiger partial charge < -0.3 is 5.41 Å². The van der Waals surface area contributed by atoms with Crippen LogP contribution in [0.3, 0.4) is 0 Å². The first-order valence-corrected chi connectivity index (χ1v) is 7.16. The molecular weight excluding hydrogens is 194 g/mol. The highest BCUT2D eigenvalue weighted by Crippen LogP contribution is 2.30. The molecule has 0 saturated heterocycles. The van der Waals surface area contributed by atoms with E-state index in [0.717, 1.165) is 18.6 Å². The minimum absolute atomic E-state index is 0.538. The normalized spacial score (nSPS) is 25.2. The van der Waals surface area contributed by atoms with Crippen LogP contribution < -0.4 is 0 Å². The van der Waals surface area contributed by atoms with Gasteiger partial charge in [-0.2, -0.15) is 0 Å². The van der Waals surface area contributed by atoms with Crippen molar-refractivity contribution in [2.75, 3.05) is 0 Å². The summed E-state index contributed by atoms with van der Waals surface area (Å²) in [7, 11) is 0. The predicted octanol–water partition coefficient (Wildman–Crippen LogP) is 5.34. The second-order valence-electron chi connectivity index (χ2n) is 6.24. The number of hydrogen-bond acceptors (Lipinski definition) is 1. The molecular formula is C15H29N. The van der Waals surface area contributed by atoms with Gasteiger partial charge in [0.1, 0.15) is 0 Å². The molecule has 0 aromatic heterocycles. The summed E-state index contributed by atoms with van der Waals surface area (Å²) in [5.74, 6) is 0. The highest BCUT2D eigenvalue weighted by Gasteiger charge is 2.16. The zero-order chi connectivity index (χ0) is 11.9. The van der Waals surface area contributed by atoms with Gasteiger partial charge in [0.25, 0.3) is 0 Å². The van der Waals surface area contributed by atoms with Gasteiger partial charge in [-0.05, 0) is 43.9 Å². The van der Waals surface area contributed by atoms with E-state index in [2.05, 4.69) is 13.8 Å². The first kappa shape index (κ1) is 13.7. The van der Waals surface area contributed by atoms with Crippen LogP contribution in [-0.2, 0) is 0 Å². The average molecular weight is 223 g/mol. The number of nitrogens with one attached hydrogen (secondary N) is 1. The molecule has 1 aliphatic rings. The summed E-state index contributed by atoms with van der Waals surface area (Å²) < 4.78 is 0. The summed E-state index contributed by atoms with van der Waals surface area (Å²) in [4.78, 5) is 0. The lowest BCUT2D eigenvalue weighted by Gasteiger charge is -2.24. The lowest BCUT2D eigenvalue weighted by Crippen LogP contribution is -2.11. The molecule has 0 heterocycles. The molecule has 0 amide bonds. The van der Waals surface area contributed by atoms with Crippen molar-refractivity contribution < 1.29 is 0 Å². The van der Waals surface area contributed by atoms with Crippen molar-refractivity contribution in [3.8, 4) is 0 Å². The summed E-state index contributed by atoms with van der Waals surface area (Å²) in [5, 5.41) is 7.87. The van der Waals surface area contributed by atoms with Crippen LogP contribution in [-0.4, -0.2) is 5.71 Å².